The Labute approximate surface area is 110 Å². The Morgan fingerprint density at radius 3 is 2.72 bits per heavy atom. The zero-order chi connectivity index (χ0) is 13.3. The van der Waals surface area contributed by atoms with Gasteiger partial charge in [0, 0.05) is 6.54 Å². The number of aromatic carboxylic acids is 1. The van der Waals surface area contributed by atoms with Crippen LogP contribution in [0.2, 0.25) is 0 Å². The van der Waals surface area contributed by atoms with Gasteiger partial charge in [-0.15, -0.1) is 11.3 Å². The second kappa shape index (κ2) is 4.99. The van der Waals surface area contributed by atoms with Gasteiger partial charge in [-0.1, -0.05) is 6.42 Å². The van der Waals surface area contributed by atoms with Gasteiger partial charge in [0.15, 0.2) is 0 Å². The van der Waals surface area contributed by atoms with Crippen LogP contribution in [0.4, 0.5) is 0 Å². The van der Waals surface area contributed by atoms with Crippen LogP contribution in [0.1, 0.15) is 34.5 Å². The number of hydrogen-bond donors (Lipinski definition) is 2. The van der Waals surface area contributed by atoms with Gasteiger partial charge in [-0.05, 0) is 36.6 Å². The standard InChI is InChI=1S/C11H15NO4S2/c1-7-6-17-9(11(13)14)10(7)18(15,16)12-5-8-3-2-4-8/h6,8,12H,2-5H2,1H3,(H,13,14). The van der Waals surface area contributed by atoms with E-state index < -0.39 is 16.0 Å². The van der Waals surface area contributed by atoms with E-state index in [1.165, 1.54) is 0 Å². The average molecular weight is 289 g/mol. The first-order valence-corrected chi connectivity index (χ1v) is 8.09. The van der Waals surface area contributed by atoms with Crippen molar-refractivity contribution in [3.63, 3.8) is 0 Å². The summed E-state index contributed by atoms with van der Waals surface area (Å²) in [5, 5.41) is 10.6. The summed E-state index contributed by atoms with van der Waals surface area (Å²) >= 11 is 0.946. The van der Waals surface area contributed by atoms with E-state index in [1.54, 1.807) is 12.3 Å². The third kappa shape index (κ3) is 2.57. The molecule has 1 aliphatic rings. The highest BCUT2D eigenvalue weighted by atomic mass is 32.2. The van der Waals surface area contributed by atoms with E-state index in [4.69, 9.17) is 5.11 Å². The molecular weight excluding hydrogens is 274 g/mol. The molecule has 1 aliphatic carbocycles. The van der Waals surface area contributed by atoms with Gasteiger partial charge in [-0.2, -0.15) is 0 Å². The summed E-state index contributed by atoms with van der Waals surface area (Å²) in [7, 11) is -3.71. The normalized spacial score (nSPS) is 16.5. The number of aryl methyl sites for hydroxylation is 1. The molecule has 0 amide bonds. The Balaban J connectivity index is 2.22. The number of thiophene rings is 1. The molecule has 1 aromatic rings. The molecule has 7 heteroatoms. The highest BCUT2D eigenvalue weighted by molar-refractivity contribution is 7.89. The molecule has 0 unspecified atom stereocenters. The van der Waals surface area contributed by atoms with Gasteiger partial charge in [-0.3, -0.25) is 0 Å². The number of rotatable bonds is 5. The van der Waals surface area contributed by atoms with Gasteiger partial charge in [0.25, 0.3) is 0 Å². The van der Waals surface area contributed by atoms with Crippen LogP contribution in [-0.2, 0) is 10.0 Å². The van der Waals surface area contributed by atoms with Gasteiger partial charge < -0.3 is 5.11 Å². The van der Waals surface area contributed by atoms with E-state index in [2.05, 4.69) is 4.72 Å². The third-order valence-electron chi connectivity index (χ3n) is 3.17. The molecule has 1 heterocycles. The SMILES string of the molecule is Cc1csc(C(=O)O)c1S(=O)(=O)NCC1CCC1. The van der Waals surface area contributed by atoms with Crippen LogP contribution in [0.5, 0.6) is 0 Å². The van der Waals surface area contributed by atoms with E-state index >= 15 is 0 Å². The summed E-state index contributed by atoms with van der Waals surface area (Å²) in [6, 6.07) is 0. The summed E-state index contributed by atoms with van der Waals surface area (Å²) in [6.07, 6.45) is 3.22. The van der Waals surface area contributed by atoms with Crippen LogP contribution in [0, 0.1) is 12.8 Å². The number of hydrogen-bond acceptors (Lipinski definition) is 4. The minimum atomic E-state index is -3.71. The molecule has 0 radical (unpaired) electrons. The molecule has 0 spiro atoms. The molecule has 2 N–H and O–H groups in total. The first-order valence-electron chi connectivity index (χ1n) is 5.73. The summed E-state index contributed by atoms with van der Waals surface area (Å²) in [5.41, 5.74) is 0.485. The number of carboxylic acids is 1. The molecule has 1 aromatic heterocycles. The fourth-order valence-corrected chi connectivity index (χ4v) is 4.65. The predicted octanol–water partition coefficient (Wildman–Crippen LogP) is 1.83. The summed E-state index contributed by atoms with van der Waals surface area (Å²) < 4.78 is 26.7. The maximum absolute atomic E-state index is 12.1. The molecule has 5 nitrogen and oxygen atoms in total. The summed E-state index contributed by atoms with van der Waals surface area (Å²) in [5.74, 6) is -0.802. The maximum Gasteiger partial charge on any atom is 0.347 e. The predicted molar refractivity (Wildman–Crippen MR) is 68.5 cm³/mol. The molecule has 18 heavy (non-hydrogen) atoms. The molecular formula is C11H15NO4S2. The molecule has 0 bridgehead atoms. The molecule has 0 atom stereocenters. The topological polar surface area (TPSA) is 83.5 Å². The van der Waals surface area contributed by atoms with E-state index in [1.807, 2.05) is 0 Å². The lowest BCUT2D eigenvalue weighted by molar-refractivity contribution is 0.0698. The molecule has 0 aromatic carbocycles. The van der Waals surface area contributed by atoms with Crippen molar-refractivity contribution < 1.29 is 18.3 Å². The van der Waals surface area contributed by atoms with Crippen LogP contribution in [0.15, 0.2) is 10.3 Å². The van der Waals surface area contributed by atoms with Crippen molar-refractivity contribution in [3.05, 3.63) is 15.8 Å². The number of carbonyl (C=O) groups is 1. The highest BCUT2D eigenvalue weighted by Gasteiger charge is 2.28. The van der Waals surface area contributed by atoms with Crippen molar-refractivity contribution in [1.82, 2.24) is 4.72 Å². The molecule has 0 saturated heterocycles. The van der Waals surface area contributed by atoms with Crippen molar-refractivity contribution >= 4 is 27.3 Å². The van der Waals surface area contributed by atoms with Crippen molar-refractivity contribution in [3.8, 4) is 0 Å². The van der Waals surface area contributed by atoms with Crippen molar-refractivity contribution in [1.29, 1.82) is 0 Å². The lowest BCUT2D eigenvalue weighted by atomic mass is 9.86. The fourth-order valence-electron chi connectivity index (χ4n) is 1.91. The Morgan fingerprint density at radius 1 is 1.56 bits per heavy atom. The van der Waals surface area contributed by atoms with E-state index in [9.17, 15) is 13.2 Å². The van der Waals surface area contributed by atoms with Crippen LogP contribution in [-0.4, -0.2) is 26.0 Å². The molecule has 2 rings (SSSR count). The first-order chi connectivity index (χ1) is 8.42. The lowest BCUT2D eigenvalue weighted by Gasteiger charge is -2.25. The smallest absolute Gasteiger partial charge is 0.347 e. The summed E-state index contributed by atoms with van der Waals surface area (Å²) in [4.78, 5) is 10.8. The van der Waals surface area contributed by atoms with Crippen molar-refractivity contribution in [2.24, 2.45) is 5.92 Å². The molecule has 1 saturated carbocycles. The van der Waals surface area contributed by atoms with E-state index in [-0.39, 0.29) is 9.77 Å². The fraction of sp³-hybridized carbons (Fsp3) is 0.545. The Morgan fingerprint density at radius 2 is 2.22 bits per heavy atom. The van der Waals surface area contributed by atoms with Crippen molar-refractivity contribution in [2.45, 2.75) is 31.1 Å². The quantitative estimate of drug-likeness (QED) is 0.866. The third-order valence-corrected chi connectivity index (χ3v) is 5.99. The largest absolute Gasteiger partial charge is 0.477 e. The Kier molecular flexibility index (Phi) is 3.74. The van der Waals surface area contributed by atoms with Gasteiger partial charge in [0.05, 0.1) is 0 Å². The van der Waals surface area contributed by atoms with Gasteiger partial charge in [0.1, 0.15) is 9.77 Å². The van der Waals surface area contributed by atoms with Crippen LogP contribution in [0.25, 0.3) is 0 Å². The zero-order valence-corrected chi connectivity index (χ0v) is 11.6. The average Bonchev–Trinajstić information content (AvgIpc) is 2.58. The highest BCUT2D eigenvalue weighted by Crippen LogP contribution is 2.29. The van der Waals surface area contributed by atoms with Gasteiger partial charge in [-0.25, -0.2) is 17.9 Å². The van der Waals surface area contributed by atoms with Crippen LogP contribution >= 0.6 is 11.3 Å². The minimum absolute atomic E-state index is 0.0840. The molecule has 100 valence electrons. The van der Waals surface area contributed by atoms with Gasteiger partial charge in [0.2, 0.25) is 10.0 Å². The molecule has 1 fully saturated rings. The van der Waals surface area contributed by atoms with Crippen LogP contribution < -0.4 is 4.72 Å². The number of sulfonamides is 1. The number of nitrogens with one attached hydrogen (secondary N) is 1. The van der Waals surface area contributed by atoms with E-state index in [0.29, 0.717) is 18.0 Å². The second-order valence-corrected chi connectivity index (χ2v) is 7.11. The minimum Gasteiger partial charge on any atom is -0.477 e. The Hall–Kier alpha value is -0.920. The van der Waals surface area contributed by atoms with Gasteiger partial charge >= 0.3 is 5.97 Å². The first kappa shape index (κ1) is 13.5. The summed E-state index contributed by atoms with van der Waals surface area (Å²) in [6.45, 7) is 2.01. The maximum atomic E-state index is 12.1. The van der Waals surface area contributed by atoms with Crippen LogP contribution in [0.3, 0.4) is 0 Å². The van der Waals surface area contributed by atoms with Crippen molar-refractivity contribution in [2.75, 3.05) is 6.54 Å². The zero-order valence-electron chi connectivity index (χ0n) is 9.97. The monoisotopic (exact) mass is 289 g/mol. The number of carboxylic acid groups (broad SMARTS) is 1. The molecule has 0 aliphatic heterocycles. The second-order valence-electron chi connectivity index (χ2n) is 4.53. The Bertz CT molecular complexity index is 558. The lowest BCUT2D eigenvalue weighted by Crippen LogP contribution is -2.33. The van der Waals surface area contributed by atoms with E-state index in [0.717, 1.165) is 30.6 Å².